The molecule has 3 N–H and O–H groups in total. The summed E-state index contributed by atoms with van der Waals surface area (Å²) >= 11 is 0. The first-order valence-electron chi connectivity index (χ1n) is 21.0. The van der Waals surface area contributed by atoms with E-state index in [2.05, 4.69) is 67.9 Å². The first-order chi connectivity index (χ1) is 29.3. The van der Waals surface area contributed by atoms with Gasteiger partial charge in [0.1, 0.15) is 23.8 Å². The lowest BCUT2D eigenvalue weighted by molar-refractivity contribution is -0.384. The van der Waals surface area contributed by atoms with E-state index in [1.54, 1.807) is 30.5 Å². The van der Waals surface area contributed by atoms with Gasteiger partial charge in [0.05, 0.1) is 40.3 Å². The summed E-state index contributed by atoms with van der Waals surface area (Å²) in [6.45, 7) is 11.5. The van der Waals surface area contributed by atoms with Gasteiger partial charge >= 0.3 is 0 Å². The molecule has 3 fully saturated rings. The number of ether oxygens (including phenoxy) is 3. The van der Waals surface area contributed by atoms with Gasteiger partial charge in [-0.25, -0.2) is 18.1 Å². The molecule has 15 nitrogen and oxygen atoms in total. The van der Waals surface area contributed by atoms with E-state index in [1.165, 1.54) is 36.2 Å². The quantitative estimate of drug-likeness (QED) is 0.0771. The minimum Gasteiger partial charge on any atom is -0.489 e. The molecule has 9 rings (SSSR count). The summed E-state index contributed by atoms with van der Waals surface area (Å²) in [7, 11) is -4.64. The average molecular weight is 850 g/mol. The highest BCUT2D eigenvalue weighted by atomic mass is 32.2. The number of carbonyl (C=O) groups is 1. The molecule has 3 aliphatic heterocycles. The molecule has 3 aromatic carbocycles. The SMILES string of the molecule is CC(C)OC[C@H]1COc2cc(S(=O)(=O)NC(=O)c3ccc(N4CC5(CC(N6CCC[C@H]6c6ccccc6C(C)C)C5)C4)cc3Oc3cnc4[nH]ccc4c3)cc([N+](=O)[O-])c2N1. The molecular formula is C45H51N7O8S. The molecule has 1 amide bonds. The molecule has 320 valence electrons. The summed E-state index contributed by atoms with van der Waals surface area (Å²) in [6.07, 6.45) is 7.87. The number of nitro benzene ring substituents is 1. The second-order valence-electron chi connectivity index (χ2n) is 17.5. The predicted molar refractivity (Wildman–Crippen MR) is 231 cm³/mol. The number of anilines is 2. The van der Waals surface area contributed by atoms with E-state index in [1.807, 2.05) is 19.9 Å². The summed E-state index contributed by atoms with van der Waals surface area (Å²) in [5.41, 5.74) is 4.12. The van der Waals surface area contributed by atoms with Gasteiger partial charge in [0.2, 0.25) is 0 Å². The van der Waals surface area contributed by atoms with Gasteiger partial charge in [-0.15, -0.1) is 0 Å². The number of amides is 1. The molecule has 61 heavy (non-hydrogen) atoms. The fourth-order valence-electron chi connectivity index (χ4n) is 9.57. The van der Waals surface area contributed by atoms with Gasteiger partial charge in [-0.3, -0.25) is 19.8 Å². The Morgan fingerprint density at radius 2 is 1.89 bits per heavy atom. The predicted octanol–water partition coefficient (Wildman–Crippen LogP) is 7.91. The van der Waals surface area contributed by atoms with Gasteiger partial charge < -0.3 is 29.4 Å². The maximum Gasteiger partial charge on any atom is 0.297 e. The number of nitrogens with one attached hydrogen (secondary N) is 3. The van der Waals surface area contributed by atoms with Crippen molar-refractivity contribution in [2.24, 2.45) is 5.41 Å². The molecule has 2 saturated heterocycles. The Balaban J connectivity index is 0.930. The van der Waals surface area contributed by atoms with Gasteiger partial charge in [0.25, 0.3) is 21.6 Å². The maximum atomic E-state index is 14.0. The van der Waals surface area contributed by atoms with Crippen molar-refractivity contribution in [1.29, 1.82) is 0 Å². The van der Waals surface area contributed by atoms with Crippen LogP contribution in [0.2, 0.25) is 0 Å². The molecule has 4 aliphatic rings. The van der Waals surface area contributed by atoms with Crippen molar-refractivity contribution in [3.8, 4) is 17.2 Å². The Kier molecular flexibility index (Phi) is 10.6. The van der Waals surface area contributed by atoms with Crippen LogP contribution in [0.4, 0.5) is 17.1 Å². The van der Waals surface area contributed by atoms with Crippen LogP contribution < -0.4 is 24.4 Å². The van der Waals surface area contributed by atoms with E-state index in [0.29, 0.717) is 29.4 Å². The van der Waals surface area contributed by atoms with Crippen molar-refractivity contribution < 1.29 is 32.3 Å². The lowest BCUT2D eigenvalue weighted by Gasteiger charge is -2.62. The van der Waals surface area contributed by atoms with Crippen LogP contribution in [-0.4, -0.2) is 85.2 Å². The number of nitrogens with zero attached hydrogens (tertiary/aromatic N) is 4. The van der Waals surface area contributed by atoms with Crippen LogP contribution >= 0.6 is 0 Å². The molecule has 1 spiro atoms. The number of aromatic nitrogens is 2. The Hall–Kier alpha value is -5.71. The van der Waals surface area contributed by atoms with Gasteiger partial charge in [-0.2, -0.15) is 0 Å². The van der Waals surface area contributed by atoms with Crippen molar-refractivity contribution in [3.63, 3.8) is 0 Å². The Bertz CT molecular complexity index is 2600. The molecule has 16 heteroatoms. The third-order valence-corrected chi connectivity index (χ3v) is 13.8. The van der Waals surface area contributed by atoms with Crippen LogP contribution in [0.1, 0.15) is 86.8 Å². The molecule has 1 aliphatic carbocycles. The van der Waals surface area contributed by atoms with Crippen molar-refractivity contribution in [3.05, 3.63) is 106 Å². The largest absolute Gasteiger partial charge is 0.489 e. The van der Waals surface area contributed by atoms with Crippen LogP contribution in [0.25, 0.3) is 11.0 Å². The molecule has 0 unspecified atom stereocenters. The highest BCUT2D eigenvalue weighted by Gasteiger charge is 2.55. The third-order valence-electron chi connectivity index (χ3n) is 12.5. The van der Waals surface area contributed by atoms with Crippen molar-refractivity contribution in [2.45, 2.75) is 88.4 Å². The van der Waals surface area contributed by atoms with Crippen LogP contribution in [0, 0.1) is 15.5 Å². The average Bonchev–Trinajstić information content (AvgIpc) is 3.88. The smallest absolute Gasteiger partial charge is 0.297 e. The molecule has 5 heterocycles. The van der Waals surface area contributed by atoms with Gasteiger partial charge in [-0.1, -0.05) is 38.1 Å². The number of aromatic amines is 1. The first kappa shape index (κ1) is 40.7. The van der Waals surface area contributed by atoms with E-state index in [-0.39, 0.29) is 47.5 Å². The van der Waals surface area contributed by atoms with E-state index in [4.69, 9.17) is 14.2 Å². The van der Waals surface area contributed by atoms with Crippen molar-refractivity contribution in [1.82, 2.24) is 19.6 Å². The Morgan fingerprint density at radius 3 is 2.66 bits per heavy atom. The number of fused-ring (bicyclic) bond motifs is 2. The highest BCUT2D eigenvalue weighted by molar-refractivity contribution is 7.90. The zero-order valence-corrected chi connectivity index (χ0v) is 35.5. The second-order valence-corrected chi connectivity index (χ2v) is 19.2. The van der Waals surface area contributed by atoms with Gasteiger partial charge in [0, 0.05) is 66.1 Å². The number of nitro groups is 1. The minimum atomic E-state index is -4.64. The van der Waals surface area contributed by atoms with Gasteiger partial charge in [-0.05, 0) is 87.4 Å². The Morgan fingerprint density at radius 1 is 1.08 bits per heavy atom. The van der Waals surface area contributed by atoms with Crippen LogP contribution in [-0.2, 0) is 14.8 Å². The van der Waals surface area contributed by atoms with Crippen LogP contribution in [0.5, 0.6) is 17.2 Å². The number of rotatable bonds is 13. The van der Waals surface area contributed by atoms with Crippen LogP contribution in [0.3, 0.4) is 0 Å². The normalized spacial score (nSPS) is 19.9. The summed E-state index contributed by atoms with van der Waals surface area (Å²) < 4.78 is 47.5. The monoisotopic (exact) mass is 849 g/mol. The number of benzene rings is 3. The summed E-state index contributed by atoms with van der Waals surface area (Å²) in [5, 5.41) is 16.0. The third kappa shape index (κ3) is 7.99. The molecule has 1 saturated carbocycles. The standard InChI is InChI=1S/C45H51N7O8S/c1-27(2)35-8-5-6-9-36(35)38-10-7-15-51(38)32-20-45(21-32)25-50(26-45)31-11-12-37(40(17-31)60-33-16-29-13-14-46-43(29)47-22-33)44(53)49-61(56,57)34-18-39(52(54)55)42-41(19-34)59-24-30(48-42)23-58-28(3)4/h5-6,8-9,11-14,16-19,22,27-28,30,32,38,48H,7,10,15,20-21,23-26H2,1-4H3,(H,46,47)(H,49,53)/t30-,38-/m0/s1. The zero-order chi connectivity index (χ0) is 42.6. The van der Waals surface area contributed by atoms with E-state index >= 15 is 0 Å². The van der Waals surface area contributed by atoms with Gasteiger partial charge in [0.15, 0.2) is 11.4 Å². The topological polar surface area (TPSA) is 181 Å². The summed E-state index contributed by atoms with van der Waals surface area (Å²) in [5.74, 6) is -0.0225. The number of hydrogen-bond donors (Lipinski definition) is 3. The van der Waals surface area contributed by atoms with E-state index < -0.39 is 37.5 Å². The summed E-state index contributed by atoms with van der Waals surface area (Å²) in [4.78, 5) is 37.4. The molecule has 2 atom stereocenters. The van der Waals surface area contributed by atoms with Crippen molar-refractivity contribution in [2.75, 3.05) is 43.1 Å². The number of pyridine rings is 1. The number of likely N-dealkylation sites (tertiary alicyclic amines) is 1. The van der Waals surface area contributed by atoms with E-state index in [0.717, 1.165) is 49.6 Å². The molecule has 2 aromatic heterocycles. The zero-order valence-electron chi connectivity index (χ0n) is 34.7. The fraction of sp³-hybridized carbons (Fsp3) is 0.422. The first-order valence-corrected chi connectivity index (χ1v) is 22.5. The lowest BCUT2D eigenvalue weighted by Crippen LogP contribution is -2.66. The maximum absolute atomic E-state index is 14.0. The minimum absolute atomic E-state index is 0.0225. The summed E-state index contributed by atoms with van der Waals surface area (Å²) in [6, 6.07) is 20.3. The highest BCUT2D eigenvalue weighted by Crippen LogP contribution is 2.54. The lowest BCUT2D eigenvalue weighted by atomic mass is 9.60. The number of H-pyrrole nitrogens is 1. The van der Waals surface area contributed by atoms with E-state index in [9.17, 15) is 23.3 Å². The molecular weight excluding hydrogens is 799 g/mol. The van der Waals surface area contributed by atoms with Crippen LogP contribution in [0.15, 0.2) is 84.0 Å². The second kappa shape index (κ2) is 16.0. The molecule has 0 bridgehead atoms. The number of sulfonamides is 1. The fourth-order valence-corrected chi connectivity index (χ4v) is 10.6. The number of hydrogen-bond acceptors (Lipinski definition) is 12. The molecule has 5 aromatic rings. The number of carbonyl (C=O) groups excluding carboxylic acids is 1. The molecule has 0 radical (unpaired) electrons. The van der Waals surface area contributed by atoms with Crippen molar-refractivity contribution >= 4 is 44.0 Å². The Labute approximate surface area is 355 Å².